The summed E-state index contributed by atoms with van der Waals surface area (Å²) in [6.45, 7) is 7.34. The minimum Gasteiger partial charge on any atom is -0.352 e. The molecule has 7 heteroatoms. The molecule has 2 heterocycles. The third kappa shape index (κ3) is 4.56. The largest absolute Gasteiger partial charge is 0.352 e. The zero-order valence-electron chi connectivity index (χ0n) is 12.8. The molecular weight excluding hydrogens is 286 g/mol. The number of aromatic nitrogens is 2. The minimum atomic E-state index is -0.135. The molecule has 0 fully saturated rings. The molecule has 0 atom stereocenters. The lowest BCUT2D eigenvalue weighted by atomic mass is 9.97. The maximum atomic E-state index is 5.25. The monoisotopic (exact) mass is 307 g/mol. The first-order valence-electron chi connectivity index (χ1n) is 6.77. The number of hydrogen-bond donors (Lipinski definition) is 2. The topological polar surface area (TPSA) is 75.3 Å². The van der Waals surface area contributed by atoms with E-state index < -0.39 is 0 Å². The second-order valence-corrected chi connectivity index (χ2v) is 6.46. The van der Waals surface area contributed by atoms with Crippen molar-refractivity contribution in [3.05, 3.63) is 34.1 Å². The average molecular weight is 307 g/mol. The number of aliphatic imine (C=N–C) groups is 1. The predicted molar refractivity (Wildman–Crippen MR) is 84.4 cm³/mol. The molecule has 0 aliphatic heterocycles. The Morgan fingerprint density at radius 2 is 2.10 bits per heavy atom. The summed E-state index contributed by atoms with van der Waals surface area (Å²) in [5.74, 6) is 1.97. The molecule has 2 rings (SSSR count). The Hall–Kier alpha value is -1.89. The van der Waals surface area contributed by atoms with E-state index >= 15 is 0 Å². The Labute approximate surface area is 128 Å². The van der Waals surface area contributed by atoms with Crippen LogP contribution < -0.4 is 10.6 Å². The molecule has 0 bridgehead atoms. The second-order valence-electron chi connectivity index (χ2n) is 5.68. The third-order valence-electron chi connectivity index (χ3n) is 2.79. The zero-order chi connectivity index (χ0) is 15.3. The van der Waals surface area contributed by atoms with Gasteiger partial charge in [0.15, 0.2) is 11.8 Å². The molecule has 0 unspecified atom stereocenters. The van der Waals surface area contributed by atoms with Crippen molar-refractivity contribution in [2.24, 2.45) is 4.99 Å². The van der Waals surface area contributed by atoms with E-state index in [9.17, 15) is 0 Å². The lowest BCUT2D eigenvalue weighted by Crippen LogP contribution is -2.36. The van der Waals surface area contributed by atoms with Gasteiger partial charge in [0.1, 0.15) is 0 Å². The molecule has 114 valence electrons. The lowest BCUT2D eigenvalue weighted by Gasteiger charge is -2.11. The van der Waals surface area contributed by atoms with Gasteiger partial charge in [-0.25, -0.2) is 0 Å². The summed E-state index contributed by atoms with van der Waals surface area (Å²) in [6, 6.07) is 2.08. The summed E-state index contributed by atoms with van der Waals surface area (Å²) in [5, 5.41) is 14.5. The van der Waals surface area contributed by atoms with Crippen LogP contribution in [0, 0.1) is 0 Å². The van der Waals surface area contributed by atoms with Gasteiger partial charge >= 0.3 is 0 Å². The first-order chi connectivity index (χ1) is 9.99. The predicted octanol–water partition coefficient (Wildman–Crippen LogP) is 2.29. The van der Waals surface area contributed by atoms with Crippen molar-refractivity contribution in [2.45, 2.75) is 39.3 Å². The highest BCUT2D eigenvalue weighted by molar-refractivity contribution is 7.07. The Bertz CT molecular complexity index is 583. The van der Waals surface area contributed by atoms with E-state index in [1.165, 1.54) is 5.56 Å². The van der Waals surface area contributed by atoms with Crippen LogP contribution in [0.1, 0.15) is 38.0 Å². The molecule has 2 N–H and O–H groups in total. The molecule has 2 aromatic heterocycles. The summed E-state index contributed by atoms with van der Waals surface area (Å²) in [6.07, 6.45) is 0. The smallest absolute Gasteiger partial charge is 0.232 e. The van der Waals surface area contributed by atoms with Gasteiger partial charge < -0.3 is 15.2 Å². The van der Waals surface area contributed by atoms with E-state index in [1.807, 2.05) is 20.8 Å². The van der Waals surface area contributed by atoms with E-state index in [2.05, 4.69) is 42.6 Å². The SMILES string of the molecule is CN=C(NCc1ccsc1)NCc1noc(C(C)(C)C)n1. The van der Waals surface area contributed by atoms with E-state index in [1.54, 1.807) is 18.4 Å². The summed E-state index contributed by atoms with van der Waals surface area (Å²) < 4.78 is 5.25. The fraction of sp³-hybridized carbons (Fsp3) is 0.500. The first-order valence-corrected chi connectivity index (χ1v) is 7.72. The third-order valence-corrected chi connectivity index (χ3v) is 3.52. The van der Waals surface area contributed by atoms with Crippen molar-refractivity contribution < 1.29 is 4.52 Å². The number of thiophene rings is 1. The van der Waals surface area contributed by atoms with Crippen molar-refractivity contribution in [2.75, 3.05) is 7.05 Å². The number of hydrogen-bond acceptors (Lipinski definition) is 5. The standard InChI is InChI=1S/C14H21N5OS/c1-14(2,3)12-18-11(19-20-12)8-17-13(15-4)16-7-10-5-6-21-9-10/h5-6,9H,7-8H2,1-4H3,(H2,15,16,17). The van der Waals surface area contributed by atoms with Crippen LogP contribution in [0.4, 0.5) is 0 Å². The Kier molecular flexibility index (Phi) is 4.95. The van der Waals surface area contributed by atoms with Crippen LogP contribution in [0.3, 0.4) is 0 Å². The zero-order valence-corrected chi connectivity index (χ0v) is 13.6. The maximum absolute atomic E-state index is 5.25. The van der Waals surface area contributed by atoms with Crippen molar-refractivity contribution in [1.29, 1.82) is 0 Å². The van der Waals surface area contributed by atoms with Crippen LogP contribution in [-0.2, 0) is 18.5 Å². The summed E-state index contributed by atoms with van der Waals surface area (Å²) in [4.78, 5) is 8.55. The normalized spacial score (nSPS) is 12.5. The van der Waals surface area contributed by atoms with E-state index in [4.69, 9.17) is 4.52 Å². The Morgan fingerprint density at radius 1 is 1.33 bits per heavy atom. The fourth-order valence-electron chi connectivity index (χ4n) is 1.59. The summed E-state index contributed by atoms with van der Waals surface area (Å²) in [5.41, 5.74) is 1.10. The molecule has 0 aliphatic carbocycles. The molecule has 0 saturated carbocycles. The highest BCUT2D eigenvalue weighted by Gasteiger charge is 2.21. The first kappa shape index (κ1) is 15.5. The van der Waals surface area contributed by atoms with Crippen LogP contribution in [0.5, 0.6) is 0 Å². The van der Waals surface area contributed by atoms with Gasteiger partial charge in [-0.2, -0.15) is 16.3 Å². The van der Waals surface area contributed by atoms with Crippen LogP contribution in [0.2, 0.25) is 0 Å². The number of guanidine groups is 1. The van der Waals surface area contributed by atoms with E-state index in [-0.39, 0.29) is 5.41 Å². The molecule has 0 saturated heterocycles. The lowest BCUT2D eigenvalue weighted by molar-refractivity contribution is 0.318. The molecule has 21 heavy (non-hydrogen) atoms. The fourth-order valence-corrected chi connectivity index (χ4v) is 2.26. The van der Waals surface area contributed by atoms with Gasteiger partial charge in [-0.05, 0) is 22.4 Å². The highest BCUT2D eigenvalue weighted by Crippen LogP contribution is 2.19. The Balaban J connectivity index is 1.84. The van der Waals surface area contributed by atoms with Crippen LogP contribution in [0.15, 0.2) is 26.3 Å². The van der Waals surface area contributed by atoms with Crippen molar-refractivity contribution >= 4 is 17.3 Å². The van der Waals surface area contributed by atoms with E-state index in [0.717, 1.165) is 6.54 Å². The quantitative estimate of drug-likeness (QED) is 0.669. The van der Waals surface area contributed by atoms with Crippen LogP contribution >= 0.6 is 11.3 Å². The number of rotatable bonds is 4. The molecule has 0 aromatic carbocycles. The molecule has 6 nitrogen and oxygen atoms in total. The molecule has 0 spiro atoms. The minimum absolute atomic E-state index is 0.135. The molecule has 0 amide bonds. The summed E-state index contributed by atoms with van der Waals surface area (Å²) >= 11 is 1.68. The van der Waals surface area contributed by atoms with Gasteiger partial charge in [-0.1, -0.05) is 25.9 Å². The molecule has 0 radical (unpaired) electrons. The van der Waals surface area contributed by atoms with E-state index in [0.29, 0.717) is 24.2 Å². The second kappa shape index (κ2) is 6.71. The van der Waals surface area contributed by atoms with Gasteiger partial charge in [-0.15, -0.1) is 0 Å². The van der Waals surface area contributed by atoms with Gasteiger partial charge in [0.25, 0.3) is 0 Å². The average Bonchev–Trinajstić information content (AvgIpc) is 3.09. The van der Waals surface area contributed by atoms with Crippen molar-refractivity contribution in [3.63, 3.8) is 0 Å². The van der Waals surface area contributed by atoms with Gasteiger partial charge in [0.2, 0.25) is 5.89 Å². The van der Waals surface area contributed by atoms with Crippen LogP contribution in [0.25, 0.3) is 0 Å². The maximum Gasteiger partial charge on any atom is 0.232 e. The van der Waals surface area contributed by atoms with Crippen LogP contribution in [-0.4, -0.2) is 23.1 Å². The van der Waals surface area contributed by atoms with Crippen molar-refractivity contribution in [3.8, 4) is 0 Å². The number of nitrogens with zero attached hydrogens (tertiary/aromatic N) is 3. The highest BCUT2D eigenvalue weighted by atomic mass is 32.1. The number of nitrogens with one attached hydrogen (secondary N) is 2. The van der Waals surface area contributed by atoms with Gasteiger partial charge in [0.05, 0.1) is 6.54 Å². The molecule has 0 aliphatic rings. The Morgan fingerprint density at radius 3 is 2.67 bits per heavy atom. The summed E-state index contributed by atoms with van der Waals surface area (Å²) in [7, 11) is 1.74. The van der Waals surface area contributed by atoms with Gasteiger partial charge in [-0.3, -0.25) is 4.99 Å². The van der Waals surface area contributed by atoms with Crippen molar-refractivity contribution in [1.82, 2.24) is 20.8 Å². The van der Waals surface area contributed by atoms with Gasteiger partial charge in [0, 0.05) is 19.0 Å². The molecule has 2 aromatic rings. The molecular formula is C14H21N5OS.